The molecule has 0 atom stereocenters. The number of rotatable bonds is 3. The lowest BCUT2D eigenvalue weighted by Gasteiger charge is -2.30. The molecule has 3 aromatic rings. The van der Waals surface area contributed by atoms with Crippen molar-refractivity contribution in [2.45, 2.75) is 4.90 Å². The van der Waals surface area contributed by atoms with E-state index in [-0.39, 0.29) is 0 Å². The van der Waals surface area contributed by atoms with Crippen molar-refractivity contribution in [2.75, 3.05) is 35.8 Å². The molecular weight excluding hydrogens is 362 g/mol. The standard InChI is InChI=1S/C16H16ClN5S2/c1-23-12-4-2-11(3-5-12)13-14(17)20-16-18-10-19-22(16)15(13)21-6-8-24-9-7-21/h2-5,10H,6-9H2,1H3. The smallest absolute Gasteiger partial charge is 0.255 e. The van der Waals surface area contributed by atoms with E-state index < -0.39 is 0 Å². The summed E-state index contributed by atoms with van der Waals surface area (Å²) in [7, 11) is 0. The highest BCUT2D eigenvalue weighted by molar-refractivity contribution is 7.99. The quantitative estimate of drug-likeness (QED) is 0.512. The van der Waals surface area contributed by atoms with Crippen molar-refractivity contribution in [3.8, 4) is 11.1 Å². The second-order valence-electron chi connectivity index (χ2n) is 5.40. The molecular formula is C16H16ClN5S2. The fraction of sp³-hybridized carbons (Fsp3) is 0.312. The van der Waals surface area contributed by atoms with Crippen LogP contribution in [0.2, 0.25) is 5.15 Å². The third-order valence-corrected chi connectivity index (χ3v) is 6.01. The predicted molar refractivity (Wildman–Crippen MR) is 103 cm³/mol. The van der Waals surface area contributed by atoms with Gasteiger partial charge in [0.25, 0.3) is 5.78 Å². The van der Waals surface area contributed by atoms with Crippen molar-refractivity contribution in [1.29, 1.82) is 0 Å². The van der Waals surface area contributed by atoms with Gasteiger partial charge in [0.1, 0.15) is 17.3 Å². The van der Waals surface area contributed by atoms with Gasteiger partial charge in [-0.1, -0.05) is 23.7 Å². The van der Waals surface area contributed by atoms with Gasteiger partial charge >= 0.3 is 0 Å². The molecule has 0 spiro atoms. The molecule has 1 aliphatic heterocycles. The van der Waals surface area contributed by atoms with Gasteiger partial charge < -0.3 is 4.90 Å². The lowest BCUT2D eigenvalue weighted by molar-refractivity contribution is 0.797. The molecule has 124 valence electrons. The average molecular weight is 378 g/mol. The molecule has 0 unspecified atom stereocenters. The maximum Gasteiger partial charge on any atom is 0.255 e. The molecule has 2 aromatic heterocycles. The van der Waals surface area contributed by atoms with E-state index in [1.165, 1.54) is 11.2 Å². The highest BCUT2D eigenvalue weighted by Crippen LogP contribution is 2.37. The van der Waals surface area contributed by atoms with E-state index in [9.17, 15) is 0 Å². The Kier molecular flexibility index (Phi) is 4.56. The molecule has 0 aliphatic carbocycles. The molecule has 0 N–H and O–H groups in total. The van der Waals surface area contributed by atoms with Crippen molar-refractivity contribution >= 4 is 46.7 Å². The van der Waals surface area contributed by atoms with E-state index in [0.717, 1.165) is 41.5 Å². The Bertz CT molecular complexity index is 859. The molecule has 8 heteroatoms. The predicted octanol–water partition coefficient (Wildman–Crippen LogP) is 3.72. The van der Waals surface area contributed by atoms with Crippen LogP contribution in [0.3, 0.4) is 0 Å². The van der Waals surface area contributed by atoms with Crippen molar-refractivity contribution in [3.05, 3.63) is 35.7 Å². The van der Waals surface area contributed by atoms with Crippen molar-refractivity contribution in [1.82, 2.24) is 19.6 Å². The Morgan fingerprint density at radius 1 is 1.17 bits per heavy atom. The minimum absolute atomic E-state index is 0.473. The third kappa shape index (κ3) is 2.85. The molecule has 24 heavy (non-hydrogen) atoms. The summed E-state index contributed by atoms with van der Waals surface area (Å²) in [5.74, 6) is 3.72. The number of fused-ring (bicyclic) bond motifs is 1. The summed E-state index contributed by atoms with van der Waals surface area (Å²) in [6, 6.07) is 8.41. The lowest BCUT2D eigenvalue weighted by Crippen LogP contribution is -2.34. The molecule has 4 rings (SSSR count). The van der Waals surface area contributed by atoms with Crippen LogP contribution in [0.4, 0.5) is 5.82 Å². The highest BCUT2D eigenvalue weighted by atomic mass is 35.5. The van der Waals surface area contributed by atoms with E-state index >= 15 is 0 Å². The van der Waals surface area contributed by atoms with Gasteiger partial charge in [-0.05, 0) is 24.0 Å². The summed E-state index contributed by atoms with van der Waals surface area (Å²) in [5, 5.41) is 4.86. The number of aromatic nitrogens is 4. The van der Waals surface area contributed by atoms with Crippen LogP contribution in [0.5, 0.6) is 0 Å². The van der Waals surface area contributed by atoms with Gasteiger partial charge in [-0.15, -0.1) is 11.8 Å². The number of thioether (sulfide) groups is 2. The van der Waals surface area contributed by atoms with Gasteiger partial charge in [0, 0.05) is 29.5 Å². The first-order chi connectivity index (χ1) is 11.8. The number of hydrogen-bond donors (Lipinski definition) is 0. The molecule has 0 radical (unpaired) electrons. The largest absolute Gasteiger partial charge is 0.354 e. The summed E-state index contributed by atoms with van der Waals surface area (Å²) in [5.41, 5.74) is 1.98. The van der Waals surface area contributed by atoms with E-state index in [4.69, 9.17) is 11.6 Å². The fourth-order valence-corrected chi connectivity index (χ4v) is 4.46. The van der Waals surface area contributed by atoms with Crippen LogP contribution < -0.4 is 4.90 Å². The summed E-state index contributed by atoms with van der Waals surface area (Å²) in [6.07, 6.45) is 3.60. The van der Waals surface area contributed by atoms with Crippen LogP contribution in [-0.2, 0) is 0 Å². The van der Waals surface area contributed by atoms with Gasteiger partial charge in [-0.25, -0.2) is 0 Å². The van der Waals surface area contributed by atoms with E-state index in [1.54, 1.807) is 16.3 Å². The summed E-state index contributed by atoms with van der Waals surface area (Å²) in [6.45, 7) is 1.94. The second kappa shape index (κ2) is 6.82. The summed E-state index contributed by atoms with van der Waals surface area (Å²) < 4.78 is 1.81. The van der Waals surface area contributed by atoms with Crippen molar-refractivity contribution in [2.24, 2.45) is 0 Å². The van der Waals surface area contributed by atoms with Gasteiger partial charge in [0.15, 0.2) is 0 Å². The number of hydrogen-bond acceptors (Lipinski definition) is 6. The van der Waals surface area contributed by atoms with Crippen LogP contribution in [-0.4, -0.2) is 50.4 Å². The van der Waals surface area contributed by atoms with E-state index in [2.05, 4.69) is 50.5 Å². The third-order valence-electron chi connectivity index (χ3n) is 4.05. The first-order valence-corrected chi connectivity index (χ1v) is 10.4. The Hall–Kier alpha value is -1.44. The number of anilines is 1. The highest BCUT2D eigenvalue weighted by Gasteiger charge is 2.23. The number of benzene rings is 1. The normalized spacial score (nSPS) is 15.2. The first kappa shape index (κ1) is 16.1. The van der Waals surface area contributed by atoms with Crippen LogP contribution in [0.1, 0.15) is 0 Å². The summed E-state index contributed by atoms with van der Waals surface area (Å²) in [4.78, 5) is 12.2. The minimum atomic E-state index is 0.473. The zero-order valence-corrected chi connectivity index (χ0v) is 15.5. The Balaban J connectivity index is 1.93. The molecule has 5 nitrogen and oxygen atoms in total. The monoisotopic (exact) mass is 377 g/mol. The number of nitrogens with zero attached hydrogens (tertiary/aromatic N) is 5. The fourth-order valence-electron chi connectivity index (χ4n) is 2.88. The maximum atomic E-state index is 6.56. The second-order valence-corrected chi connectivity index (χ2v) is 7.86. The van der Waals surface area contributed by atoms with Gasteiger partial charge in [-0.3, -0.25) is 0 Å². The average Bonchev–Trinajstić information content (AvgIpc) is 3.09. The van der Waals surface area contributed by atoms with Gasteiger partial charge in [-0.2, -0.15) is 31.3 Å². The SMILES string of the molecule is CSc1ccc(-c2c(Cl)nc3ncnn3c2N2CCSCC2)cc1. The topological polar surface area (TPSA) is 46.3 Å². The zero-order chi connectivity index (χ0) is 16.5. The molecule has 0 saturated carbocycles. The first-order valence-electron chi connectivity index (χ1n) is 7.64. The number of halogens is 1. The molecule has 1 aromatic carbocycles. The van der Waals surface area contributed by atoms with Crippen molar-refractivity contribution in [3.63, 3.8) is 0 Å². The van der Waals surface area contributed by atoms with E-state index in [1.807, 2.05) is 11.8 Å². The molecule has 3 heterocycles. The lowest BCUT2D eigenvalue weighted by atomic mass is 10.1. The van der Waals surface area contributed by atoms with Crippen LogP contribution in [0.15, 0.2) is 35.5 Å². The zero-order valence-electron chi connectivity index (χ0n) is 13.1. The van der Waals surface area contributed by atoms with Crippen molar-refractivity contribution < 1.29 is 0 Å². The Labute approximate surface area is 153 Å². The maximum absolute atomic E-state index is 6.56. The molecule has 1 saturated heterocycles. The Morgan fingerprint density at radius 3 is 2.62 bits per heavy atom. The molecule has 1 fully saturated rings. The molecule has 0 bridgehead atoms. The van der Waals surface area contributed by atoms with Crippen LogP contribution in [0, 0.1) is 0 Å². The molecule has 1 aliphatic rings. The van der Waals surface area contributed by atoms with Crippen LogP contribution >= 0.6 is 35.1 Å². The molecule has 0 amide bonds. The minimum Gasteiger partial charge on any atom is -0.354 e. The van der Waals surface area contributed by atoms with E-state index in [0.29, 0.717) is 10.9 Å². The summed E-state index contributed by atoms with van der Waals surface area (Å²) >= 11 is 10.3. The Morgan fingerprint density at radius 2 is 1.92 bits per heavy atom. The van der Waals surface area contributed by atoms with Crippen LogP contribution in [0.25, 0.3) is 16.9 Å². The van der Waals surface area contributed by atoms with Gasteiger partial charge in [0.2, 0.25) is 0 Å². The van der Waals surface area contributed by atoms with Gasteiger partial charge in [0.05, 0.1) is 5.56 Å².